The highest BCUT2D eigenvalue weighted by molar-refractivity contribution is 5.57. The maximum Gasteiger partial charge on any atom is 0.416 e. The minimum Gasteiger partial charge on any atom is -0.492 e. The normalized spacial score (nSPS) is 11.5. The Labute approximate surface area is 177 Å². The molecule has 31 heavy (non-hydrogen) atoms. The topological polar surface area (TPSA) is 69.8 Å². The van der Waals surface area contributed by atoms with Crippen LogP contribution in [0.1, 0.15) is 12.6 Å². The van der Waals surface area contributed by atoms with Crippen molar-refractivity contribution in [1.29, 1.82) is 0 Å². The predicted molar refractivity (Wildman–Crippen MR) is 111 cm³/mol. The monoisotopic (exact) mass is 430 g/mol. The van der Waals surface area contributed by atoms with E-state index >= 15 is 0 Å². The molecule has 0 aliphatic rings. The molecule has 0 atom stereocenters. The van der Waals surface area contributed by atoms with E-state index in [9.17, 15) is 13.2 Å². The second kappa shape index (κ2) is 8.50. The van der Waals surface area contributed by atoms with Gasteiger partial charge in [-0.25, -0.2) is 4.68 Å². The van der Waals surface area contributed by atoms with Crippen molar-refractivity contribution in [2.75, 3.05) is 11.9 Å². The van der Waals surface area contributed by atoms with E-state index in [1.54, 1.807) is 16.9 Å². The van der Waals surface area contributed by atoms with E-state index in [1.165, 1.54) is 23.1 Å². The summed E-state index contributed by atoms with van der Waals surface area (Å²) in [6.07, 6.45) is 0.501. The lowest BCUT2D eigenvalue weighted by molar-refractivity contribution is -0.137. The maximum absolute atomic E-state index is 12.9. The highest BCUT2D eigenvalue weighted by Crippen LogP contribution is 2.30. The van der Waals surface area contributed by atoms with Crippen LogP contribution in [0.4, 0.5) is 24.8 Å². The van der Waals surface area contributed by atoms with Crippen LogP contribution in [-0.4, -0.2) is 31.2 Å². The first-order valence-electron chi connectivity index (χ1n) is 9.45. The zero-order valence-electron chi connectivity index (χ0n) is 16.5. The minimum absolute atomic E-state index is 0. The lowest BCUT2D eigenvalue weighted by Gasteiger charge is -2.10. The van der Waals surface area contributed by atoms with Crippen LogP contribution in [0.15, 0.2) is 67.3 Å². The number of ether oxygens (including phenoxy) is 1. The van der Waals surface area contributed by atoms with Gasteiger partial charge in [0.15, 0.2) is 0 Å². The van der Waals surface area contributed by atoms with E-state index in [0.29, 0.717) is 24.6 Å². The molecule has 0 bridgehead atoms. The molecule has 0 aliphatic carbocycles. The van der Waals surface area contributed by atoms with Gasteiger partial charge >= 0.3 is 6.18 Å². The van der Waals surface area contributed by atoms with Crippen LogP contribution in [0.25, 0.3) is 5.69 Å². The van der Waals surface area contributed by atoms with Crippen LogP contribution in [-0.2, 0) is 12.7 Å². The van der Waals surface area contributed by atoms with E-state index in [0.717, 1.165) is 17.7 Å². The number of aryl methyl sites for hydroxylation is 1. The quantitative estimate of drug-likeness (QED) is 0.454. The van der Waals surface area contributed by atoms with E-state index in [2.05, 4.69) is 20.5 Å². The number of halogens is 3. The fraction of sp³-hybridized carbons (Fsp3) is 0.190. The third-order valence-corrected chi connectivity index (χ3v) is 4.39. The molecule has 0 saturated carbocycles. The highest BCUT2D eigenvalue weighted by Gasteiger charge is 2.30. The Bertz CT molecular complexity index is 1160. The number of anilines is 2. The third kappa shape index (κ3) is 5.21. The lowest BCUT2D eigenvalue weighted by Crippen LogP contribution is -2.08. The molecule has 0 unspecified atom stereocenters. The number of nitrogens with zero attached hydrogens (tertiary/aromatic N) is 5. The van der Waals surface area contributed by atoms with E-state index in [-0.39, 0.29) is 13.1 Å². The van der Waals surface area contributed by atoms with Gasteiger partial charge in [-0.3, -0.25) is 4.68 Å². The van der Waals surface area contributed by atoms with Crippen molar-refractivity contribution in [3.8, 4) is 11.4 Å². The summed E-state index contributed by atoms with van der Waals surface area (Å²) in [5, 5.41) is 11.4. The highest BCUT2D eigenvalue weighted by atomic mass is 19.4. The fourth-order valence-corrected chi connectivity index (χ4v) is 2.99. The Kier molecular flexibility index (Phi) is 5.61. The third-order valence-electron chi connectivity index (χ3n) is 4.39. The van der Waals surface area contributed by atoms with Crippen molar-refractivity contribution in [3.05, 3.63) is 78.4 Å². The SMILES string of the molecule is Cc1cc(Nc2ncn(-c3cccc(C(F)(F)F)c3)n2)cc(OCCn2cccn2)c1.[HH]. The second-order valence-electron chi connectivity index (χ2n) is 6.84. The Morgan fingerprint density at radius 1 is 1.13 bits per heavy atom. The molecule has 2 aromatic heterocycles. The summed E-state index contributed by atoms with van der Waals surface area (Å²) in [6, 6.07) is 12.4. The molecule has 0 spiro atoms. The van der Waals surface area contributed by atoms with Gasteiger partial charge in [0.1, 0.15) is 18.7 Å². The summed E-state index contributed by atoms with van der Waals surface area (Å²) < 4.78 is 47.7. The van der Waals surface area contributed by atoms with Crippen LogP contribution < -0.4 is 10.1 Å². The van der Waals surface area contributed by atoms with Gasteiger partial charge < -0.3 is 10.1 Å². The van der Waals surface area contributed by atoms with Crippen molar-refractivity contribution in [3.63, 3.8) is 0 Å². The molecule has 162 valence electrons. The summed E-state index contributed by atoms with van der Waals surface area (Å²) in [5.41, 5.74) is 1.19. The average molecular weight is 430 g/mol. The number of benzene rings is 2. The zero-order chi connectivity index (χ0) is 21.8. The average Bonchev–Trinajstić information content (AvgIpc) is 3.39. The van der Waals surface area contributed by atoms with Crippen LogP contribution in [0.3, 0.4) is 0 Å². The number of hydrogen-bond donors (Lipinski definition) is 1. The van der Waals surface area contributed by atoms with Gasteiger partial charge in [0, 0.05) is 25.6 Å². The van der Waals surface area contributed by atoms with Crippen molar-refractivity contribution in [1.82, 2.24) is 24.5 Å². The molecule has 0 fully saturated rings. The fourth-order valence-electron chi connectivity index (χ4n) is 2.99. The van der Waals surface area contributed by atoms with Gasteiger partial charge in [0.25, 0.3) is 0 Å². The van der Waals surface area contributed by atoms with E-state index in [4.69, 9.17) is 4.74 Å². The van der Waals surface area contributed by atoms with Crippen molar-refractivity contribution < 1.29 is 19.3 Å². The second-order valence-corrected chi connectivity index (χ2v) is 6.84. The number of nitrogens with one attached hydrogen (secondary N) is 1. The molecule has 0 radical (unpaired) electrons. The van der Waals surface area contributed by atoms with Gasteiger partial charge in [0.05, 0.1) is 17.8 Å². The van der Waals surface area contributed by atoms with Gasteiger partial charge in [-0.1, -0.05) is 6.07 Å². The number of alkyl halides is 3. The first kappa shape index (κ1) is 20.5. The summed E-state index contributed by atoms with van der Waals surface area (Å²) in [4.78, 5) is 4.14. The molecule has 2 aromatic carbocycles. The summed E-state index contributed by atoms with van der Waals surface area (Å²) in [7, 11) is 0. The van der Waals surface area contributed by atoms with Crippen LogP contribution >= 0.6 is 0 Å². The Morgan fingerprint density at radius 3 is 2.77 bits per heavy atom. The van der Waals surface area contributed by atoms with Gasteiger partial charge in [-0.15, -0.1) is 5.10 Å². The van der Waals surface area contributed by atoms with Gasteiger partial charge in [0.2, 0.25) is 5.95 Å². The summed E-state index contributed by atoms with van der Waals surface area (Å²) in [6.45, 7) is 3.00. The molecule has 4 aromatic rings. The molecule has 7 nitrogen and oxygen atoms in total. The predicted octanol–water partition coefficient (Wildman–Crippen LogP) is 4.86. The molecule has 10 heteroatoms. The van der Waals surface area contributed by atoms with Crippen molar-refractivity contribution in [2.45, 2.75) is 19.6 Å². The molecule has 0 amide bonds. The molecular formula is C21H21F3N6O. The number of rotatable bonds is 7. The van der Waals surface area contributed by atoms with Gasteiger partial charge in [-0.2, -0.15) is 23.3 Å². The number of aromatic nitrogens is 5. The van der Waals surface area contributed by atoms with Crippen LogP contribution in [0.5, 0.6) is 5.75 Å². The molecule has 0 saturated heterocycles. The minimum atomic E-state index is -4.42. The zero-order valence-corrected chi connectivity index (χ0v) is 16.5. The van der Waals surface area contributed by atoms with Crippen LogP contribution in [0.2, 0.25) is 0 Å². The standard InChI is InChI=1S/C21H19F3N6O.H2/c1-15-10-17(13-19(11-15)31-9-8-29-7-3-6-26-29)27-20-25-14-30(28-20)18-5-2-4-16(12-18)21(22,23)24;/h2-7,10-14H,8-9H2,1H3,(H,27,28);1H. The van der Waals surface area contributed by atoms with Crippen molar-refractivity contribution in [2.24, 2.45) is 0 Å². The van der Waals surface area contributed by atoms with Gasteiger partial charge in [-0.05, 0) is 48.9 Å². The Hall–Kier alpha value is -3.82. The summed E-state index contributed by atoms with van der Waals surface area (Å²) >= 11 is 0. The summed E-state index contributed by atoms with van der Waals surface area (Å²) in [5.74, 6) is 0.928. The molecule has 1 N–H and O–H groups in total. The molecular weight excluding hydrogens is 409 g/mol. The largest absolute Gasteiger partial charge is 0.492 e. The molecule has 0 aliphatic heterocycles. The smallest absolute Gasteiger partial charge is 0.416 e. The Morgan fingerprint density at radius 2 is 2.00 bits per heavy atom. The molecule has 2 heterocycles. The first-order chi connectivity index (χ1) is 14.9. The van der Waals surface area contributed by atoms with Crippen LogP contribution in [0, 0.1) is 6.92 Å². The van der Waals surface area contributed by atoms with E-state index in [1.807, 2.05) is 31.3 Å². The number of hydrogen-bond acceptors (Lipinski definition) is 5. The maximum atomic E-state index is 12.9. The molecule has 4 rings (SSSR count). The van der Waals surface area contributed by atoms with Crippen molar-refractivity contribution >= 4 is 11.6 Å². The van der Waals surface area contributed by atoms with E-state index < -0.39 is 11.7 Å². The lowest BCUT2D eigenvalue weighted by atomic mass is 10.2. The first-order valence-corrected chi connectivity index (χ1v) is 9.45. The Balaban J connectivity index is 0.00000289.